The van der Waals surface area contributed by atoms with Crippen molar-refractivity contribution < 1.29 is 23.8 Å². The zero-order chi connectivity index (χ0) is 9.52. The van der Waals surface area contributed by atoms with Crippen molar-refractivity contribution in [2.45, 2.75) is 12.8 Å². The van der Waals surface area contributed by atoms with E-state index in [1.807, 2.05) is 0 Å². The number of hydrogen-bond acceptors (Lipinski definition) is 5. The molecule has 0 aromatic carbocycles. The van der Waals surface area contributed by atoms with Gasteiger partial charge in [0.2, 0.25) is 0 Å². The van der Waals surface area contributed by atoms with Crippen molar-refractivity contribution >= 4 is 11.9 Å². The standard InChI is InChI=1S/C4H4O3.C4H8O2/c5-3-1-2-4(6)7-3;1-2-6-4-3-5-1/h1-2H2;1-4H2. The van der Waals surface area contributed by atoms with Crippen LogP contribution in [0.3, 0.4) is 0 Å². The molecule has 2 aliphatic heterocycles. The van der Waals surface area contributed by atoms with Gasteiger partial charge in [0.1, 0.15) is 0 Å². The molecule has 0 amide bonds. The van der Waals surface area contributed by atoms with Crippen molar-refractivity contribution in [2.24, 2.45) is 0 Å². The van der Waals surface area contributed by atoms with Gasteiger partial charge >= 0.3 is 11.9 Å². The van der Waals surface area contributed by atoms with Gasteiger partial charge in [-0.15, -0.1) is 0 Å². The third-order valence-corrected chi connectivity index (χ3v) is 1.50. The van der Waals surface area contributed by atoms with E-state index in [9.17, 15) is 9.59 Å². The summed E-state index contributed by atoms with van der Waals surface area (Å²) in [5, 5.41) is 0. The molecule has 2 rings (SSSR count). The van der Waals surface area contributed by atoms with Gasteiger partial charge in [0, 0.05) is 0 Å². The van der Waals surface area contributed by atoms with Gasteiger partial charge in [-0.25, -0.2) is 0 Å². The lowest BCUT2D eigenvalue weighted by molar-refractivity contribution is -0.151. The maximum absolute atomic E-state index is 10.0. The Morgan fingerprint density at radius 2 is 1.15 bits per heavy atom. The fraction of sp³-hybridized carbons (Fsp3) is 0.750. The molecule has 5 heteroatoms. The van der Waals surface area contributed by atoms with E-state index in [1.165, 1.54) is 0 Å². The fourth-order valence-corrected chi connectivity index (χ4v) is 0.873. The van der Waals surface area contributed by atoms with Crippen LogP contribution in [0.4, 0.5) is 0 Å². The van der Waals surface area contributed by atoms with Crippen molar-refractivity contribution in [1.82, 2.24) is 0 Å². The van der Waals surface area contributed by atoms with Crippen LogP contribution in [-0.4, -0.2) is 38.4 Å². The van der Waals surface area contributed by atoms with E-state index < -0.39 is 11.9 Å². The smallest absolute Gasteiger partial charge is 0.314 e. The van der Waals surface area contributed by atoms with Crippen molar-refractivity contribution in [3.63, 3.8) is 0 Å². The van der Waals surface area contributed by atoms with Crippen LogP contribution in [0.5, 0.6) is 0 Å². The second kappa shape index (κ2) is 5.66. The summed E-state index contributed by atoms with van der Waals surface area (Å²) in [4.78, 5) is 20.0. The number of rotatable bonds is 0. The van der Waals surface area contributed by atoms with E-state index in [0.29, 0.717) is 0 Å². The Labute approximate surface area is 76.0 Å². The average Bonchev–Trinajstić information content (AvgIpc) is 2.54. The first-order valence-electron chi connectivity index (χ1n) is 4.18. The highest BCUT2D eigenvalue weighted by molar-refractivity contribution is 5.92. The molecular weight excluding hydrogens is 176 g/mol. The Morgan fingerprint density at radius 3 is 1.31 bits per heavy atom. The molecule has 0 radical (unpaired) electrons. The number of esters is 2. The minimum absolute atomic E-state index is 0.263. The molecule has 0 N–H and O–H groups in total. The first-order valence-corrected chi connectivity index (χ1v) is 4.18. The molecule has 2 aliphatic rings. The lowest BCUT2D eigenvalue weighted by Crippen LogP contribution is -2.16. The van der Waals surface area contributed by atoms with Crippen LogP contribution < -0.4 is 0 Å². The summed E-state index contributed by atoms with van der Waals surface area (Å²) in [7, 11) is 0. The minimum Gasteiger partial charge on any atom is -0.393 e. The summed E-state index contributed by atoms with van der Waals surface area (Å²) in [5.74, 6) is -0.796. The summed E-state index contributed by atoms with van der Waals surface area (Å²) in [6, 6.07) is 0. The van der Waals surface area contributed by atoms with Gasteiger partial charge in [-0.05, 0) is 0 Å². The number of hydrogen-bond donors (Lipinski definition) is 0. The van der Waals surface area contributed by atoms with E-state index >= 15 is 0 Å². The van der Waals surface area contributed by atoms with Crippen molar-refractivity contribution in [1.29, 1.82) is 0 Å². The van der Waals surface area contributed by atoms with Gasteiger partial charge in [0.25, 0.3) is 0 Å². The molecule has 0 aliphatic carbocycles. The normalized spacial score (nSPS) is 21.8. The second-order valence-corrected chi connectivity index (χ2v) is 2.57. The number of ether oxygens (including phenoxy) is 3. The van der Waals surface area contributed by atoms with Crippen molar-refractivity contribution in [3.8, 4) is 0 Å². The predicted molar refractivity (Wildman–Crippen MR) is 42.0 cm³/mol. The molecule has 5 nitrogen and oxygen atoms in total. The summed E-state index contributed by atoms with van der Waals surface area (Å²) in [5.41, 5.74) is 0. The fourth-order valence-electron chi connectivity index (χ4n) is 0.873. The molecule has 2 heterocycles. The lowest BCUT2D eigenvalue weighted by atomic mass is 10.4. The third-order valence-electron chi connectivity index (χ3n) is 1.50. The van der Waals surface area contributed by atoms with Crippen LogP contribution >= 0.6 is 0 Å². The van der Waals surface area contributed by atoms with E-state index in [2.05, 4.69) is 4.74 Å². The summed E-state index contributed by atoms with van der Waals surface area (Å²) in [6.45, 7) is 3.11. The Balaban J connectivity index is 0.000000132. The molecule has 0 atom stereocenters. The third kappa shape index (κ3) is 4.59. The van der Waals surface area contributed by atoms with Gasteiger partial charge in [0.15, 0.2) is 0 Å². The topological polar surface area (TPSA) is 61.8 Å². The molecule has 0 bridgehead atoms. The van der Waals surface area contributed by atoms with E-state index in [4.69, 9.17) is 9.47 Å². The molecule has 0 aromatic heterocycles. The van der Waals surface area contributed by atoms with Gasteiger partial charge < -0.3 is 14.2 Å². The lowest BCUT2D eigenvalue weighted by Gasteiger charge is -2.09. The van der Waals surface area contributed by atoms with Gasteiger partial charge in [-0.2, -0.15) is 0 Å². The van der Waals surface area contributed by atoms with Crippen LogP contribution in [0.2, 0.25) is 0 Å². The number of cyclic esters (lactones) is 2. The van der Waals surface area contributed by atoms with Crippen LogP contribution in [0.15, 0.2) is 0 Å². The van der Waals surface area contributed by atoms with Gasteiger partial charge in [-0.3, -0.25) is 9.59 Å². The van der Waals surface area contributed by atoms with E-state index in [-0.39, 0.29) is 12.8 Å². The predicted octanol–water partition coefficient (Wildman–Crippen LogP) is -0.117. The van der Waals surface area contributed by atoms with Gasteiger partial charge in [0.05, 0.1) is 39.3 Å². The summed E-state index contributed by atoms with van der Waals surface area (Å²) in [6.07, 6.45) is 0.525. The maximum Gasteiger partial charge on any atom is 0.314 e. The highest BCUT2D eigenvalue weighted by atomic mass is 16.6. The molecule has 0 aromatic rings. The zero-order valence-electron chi connectivity index (χ0n) is 7.28. The number of carbonyl (C=O) groups excluding carboxylic acids is 2. The Hall–Kier alpha value is -0.940. The molecule has 2 saturated heterocycles. The molecule has 74 valence electrons. The van der Waals surface area contributed by atoms with Crippen molar-refractivity contribution in [3.05, 3.63) is 0 Å². The molecule has 13 heavy (non-hydrogen) atoms. The maximum atomic E-state index is 10.0. The first kappa shape index (κ1) is 10.1. The summed E-state index contributed by atoms with van der Waals surface area (Å²) >= 11 is 0. The molecule has 2 fully saturated rings. The SMILES string of the molecule is C1COCCO1.O=C1CCC(=O)O1. The van der Waals surface area contributed by atoms with E-state index in [0.717, 1.165) is 26.4 Å². The Bertz CT molecular complexity index is 159. The van der Waals surface area contributed by atoms with Crippen molar-refractivity contribution in [2.75, 3.05) is 26.4 Å². The second-order valence-electron chi connectivity index (χ2n) is 2.57. The molecule has 0 saturated carbocycles. The molecular formula is C8H12O5. The van der Waals surface area contributed by atoms with Gasteiger partial charge in [-0.1, -0.05) is 0 Å². The van der Waals surface area contributed by atoms with Crippen LogP contribution in [0.25, 0.3) is 0 Å². The highest BCUT2D eigenvalue weighted by Gasteiger charge is 2.19. The molecule has 0 spiro atoms. The van der Waals surface area contributed by atoms with Crippen LogP contribution in [0, 0.1) is 0 Å². The van der Waals surface area contributed by atoms with Crippen LogP contribution in [-0.2, 0) is 23.8 Å². The zero-order valence-corrected chi connectivity index (χ0v) is 7.28. The van der Waals surface area contributed by atoms with Crippen LogP contribution in [0.1, 0.15) is 12.8 Å². The minimum atomic E-state index is -0.398. The quantitative estimate of drug-likeness (QED) is 0.392. The monoisotopic (exact) mass is 188 g/mol. The highest BCUT2D eigenvalue weighted by Crippen LogP contribution is 2.03. The Kier molecular flexibility index (Phi) is 4.42. The van der Waals surface area contributed by atoms with E-state index in [1.54, 1.807) is 0 Å². The largest absolute Gasteiger partial charge is 0.393 e. The average molecular weight is 188 g/mol. The Morgan fingerprint density at radius 1 is 0.769 bits per heavy atom. The summed E-state index contributed by atoms with van der Waals surface area (Å²) < 4.78 is 14.0. The molecule has 0 unspecified atom stereocenters. The number of carbonyl (C=O) groups is 2. The first-order chi connectivity index (χ1) is 6.29.